The molecule has 0 heterocycles. The van der Waals surface area contributed by atoms with Crippen LogP contribution in [0.3, 0.4) is 0 Å². The fourth-order valence-corrected chi connectivity index (χ4v) is 2.79. The number of rotatable bonds is 4. The van der Waals surface area contributed by atoms with Crippen LogP contribution in [0.4, 0.5) is 5.69 Å². The zero-order chi connectivity index (χ0) is 18.6. The standard InChI is InChI=1S/C19H21ClN2O2S/c1-11-5-6-14(9-12(11)2)13(3)21-19(25)22-17-10-15(18(23)24-4)7-8-16(17)20/h5-10,13H,1-4H3,(H2,21,22,25)/t13-/m0/s1. The van der Waals surface area contributed by atoms with Crippen molar-refractivity contribution >= 4 is 40.6 Å². The monoisotopic (exact) mass is 376 g/mol. The molecule has 0 aliphatic heterocycles. The summed E-state index contributed by atoms with van der Waals surface area (Å²) in [7, 11) is 1.33. The molecule has 25 heavy (non-hydrogen) atoms. The Hall–Kier alpha value is -2.11. The molecule has 2 rings (SSSR count). The first kappa shape index (κ1) is 19.2. The topological polar surface area (TPSA) is 50.4 Å². The van der Waals surface area contributed by atoms with Crippen LogP contribution in [0.5, 0.6) is 0 Å². The zero-order valence-electron chi connectivity index (χ0n) is 14.6. The minimum Gasteiger partial charge on any atom is -0.465 e. The number of thiocarbonyl (C=S) groups is 1. The number of aryl methyl sites for hydroxylation is 2. The summed E-state index contributed by atoms with van der Waals surface area (Å²) in [6.45, 7) is 6.20. The smallest absolute Gasteiger partial charge is 0.337 e. The van der Waals surface area contributed by atoms with Crippen molar-refractivity contribution in [2.24, 2.45) is 0 Å². The first-order chi connectivity index (χ1) is 11.8. The van der Waals surface area contributed by atoms with Crippen LogP contribution < -0.4 is 10.6 Å². The predicted molar refractivity (Wildman–Crippen MR) is 106 cm³/mol. The third kappa shape index (κ3) is 4.94. The molecule has 0 radical (unpaired) electrons. The number of carbonyl (C=O) groups excluding carboxylic acids is 1. The van der Waals surface area contributed by atoms with Crippen molar-refractivity contribution < 1.29 is 9.53 Å². The van der Waals surface area contributed by atoms with E-state index in [4.69, 9.17) is 28.6 Å². The molecule has 0 amide bonds. The molecule has 0 aliphatic carbocycles. The van der Waals surface area contributed by atoms with E-state index in [1.165, 1.54) is 18.2 Å². The summed E-state index contributed by atoms with van der Waals surface area (Å²) in [5.74, 6) is -0.429. The van der Waals surface area contributed by atoms with Crippen molar-refractivity contribution in [3.05, 3.63) is 63.7 Å². The van der Waals surface area contributed by atoms with Crippen LogP contribution in [0.15, 0.2) is 36.4 Å². The highest BCUT2D eigenvalue weighted by Crippen LogP contribution is 2.24. The highest BCUT2D eigenvalue weighted by Gasteiger charge is 2.12. The summed E-state index contributed by atoms with van der Waals surface area (Å²) in [6.07, 6.45) is 0. The van der Waals surface area contributed by atoms with Gasteiger partial charge in [0.1, 0.15) is 0 Å². The zero-order valence-corrected chi connectivity index (χ0v) is 16.2. The average molecular weight is 377 g/mol. The molecule has 1 atom stereocenters. The number of hydrogen-bond acceptors (Lipinski definition) is 3. The van der Waals surface area contributed by atoms with Crippen molar-refractivity contribution in [3.8, 4) is 0 Å². The highest BCUT2D eigenvalue weighted by atomic mass is 35.5. The molecular weight excluding hydrogens is 356 g/mol. The van der Waals surface area contributed by atoms with E-state index in [1.54, 1.807) is 18.2 Å². The molecule has 0 saturated heterocycles. The van der Waals surface area contributed by atoms with Gasteiger partial charge in [-0.2, -0.15) is 0 Å². The number of nitrogens with one attached hydrogen (secondary N) is 2. The van der Waals surface area contributed by atoms with Crippen molar-refractivity contribution in [2.45, 2.75) is 26.8 Å². The number of esters is 1. The molecule has 132 valence electrons. The fraction of sp³-hybridized carbons (Fsp3) is 0.263. The number of anilines is 1. The number of benzene rings is 2. The molecule has 0 spiro atoms. The Morgan fingerprint density at radius 2 is 1.88 bits per heavy atom. The first-order valence-electron chi connectivity index (χ1n) is 7.84. The summed E-state index contributed by atoms with van der Waals surface area (Å²) in [4.78, 5) is 11.6. The van der Waals surface area contributed by atoms with Gasteiger partial charge in [-0.3, -0.25) is 0 Å². The molecular formula is C19H21ClN2O2S. The summed E-state index contributed by atoms with van der Waals surface area (Å²) < 4.78 is 4.72. The minimum atomic E-state index is -0.429. The van der Waals surface area contributed by atoms with E-state index in [1.807, 2.05) is 6.92 Å². The maximum atomic E-state index is 11.6. The average Bonchev–Trinajstić information content (AvgIpc) is 2.58. The van der Waals surface area contributed by atoms with Gasteiger partial charge in [-0.15, -0.1) is 0 Å². The first-order valence-corrected chi connectivity index (χ1v) is 8.63. The van der Waals surface area contributed by atoms with Gasteiger partial charge in [0.25, 0.3) is 0 Å². The van der Waals surface area contributed by atoms with E-state index >= 15 is 0 Å². The number of ether oxygens (including phenoxy) is 1. The molecule has 2 aromatic rings. The Balaban J connectivity index is 2.09. The summed E-state index contributed by atoms with van der Waals surface area (Å²) in [5.41, 5.74) is 4.58. The van der Waals surface area contributed by atoms with Crippen molar-refractivity contribution in [1.29, 1.82) is 0 Å². The number of carbonyl (C=O) groups is 1. The van der Waals surface area contributed by atoms with E-state index in [2.05, 4.69) is 42.7 Å². The quantitative estimate of drug-likeness (QED) is 0.593. The molecule has 2 aromatic carbocycles. The van der Waals surface area contributed by atoms with Gasteiger partial charge >= 0.3 is 5.97 Å². The van der Waals surface area contributed by atoms with Crippen molar-refractivity contribution in [3.63, 3.8) is 0 Å². The van der Waals surface area contributed by atoms with Gasteiger partial charge in [0.05, 0.1) is 29.4 Å². The second kappa shape index (κ2) is 8.32. The molecule has 6 heteroatoms. The highest BCUT2D eigenvalue weighted by molar-refractivity contribution is 7.80. The van der Waals surface area contributed by atoms with Gasteiger partial charge in [-0.1, -0.05) is 29.8 Å². The summed E-state index contributed by atoms with van der Waals surface area (Å²) in [6, 6.07) is 11.2. The normalized spacial score (nSPS) is 11.6. The van der Waals surface area contributed by atoms with Gasteiger partial charge in [0.15, 0.2) is 5.11 Å². The van der Waals surface area contributed by atoms with Gasteiger partial charge in [-0.25, -0.2) is 4.79 Å². The van der Waals surface area contributed by atoms with Crippen LogP contribution in [0.25, 0.3) is 0 Å². The van der Waals surface area contributed by atoms with Crippen molar-refractivity contribution in [2.75, 3.05) is 12.4 Å². The number of halogens is 1. The van der Waals surface area contributed by atoms with Crippen LogP contribution >= 0.6 is 23.8 Å². The second-order valence-electron chi connectivity index (χ2n) is 5.85. The van der Waals surface area contributed by atoms with Gasteiger partial charge in [-0.05, 0) is 67.9 Å². The Morgan fingerprint density at radius 1 is 1.16 bits per heavy atom. The molecule has 0 unspecified atom stereocenters. The molecule has 2 N–H and O–H groups in total. The molecule has 0 aromatic heterocycles. The van der Waals surface area contributed by atoms with Crippen LogP contribution in [0, 0.1) is 13.8 Å². The lowest BCUT2D eigenvalue weighted by Crippen LogP contribution is -2.31. The Bertz CT molecular complexity index is 808. The molecule has 4 nitrogen and oxygen atoms in total. The number of hydrogen-bond donors (Lipinski definition) is 2. The molecule has 0 aliphatic rings. The van der Waals surface area contributed by atoms with E-state index in [9.17, 15) is 4.79 Å². The summed E-state index contributed by atoms with van der Waals surface area (Å²) >= 11 is 11.5. The van der Waals surface area contributed by atoms with Crippen LogP contribution in [-0.4, -0.2) is 18.2 Å². The van der Waals surface area contributed by atoms with E-state index < -0.39 is 5.97 Å². The second-order valence-corrected chi connectivity index (χ2v) is 6.67. The Morgan fingerprint density at radius 3 is 2.52 bits per heavy atom. The predicted octanol–water partition coefficient (Wildman–Crippen LogP) is 4.79. The van der Waals surface area contributed by atoms with Gasteiger partial charge in [0, 0.05) is 0 Å². The van der Waals surface area contributed by atoms with Crippen LogP contribution in [0.1, 0.15) is 40.0 Å². The van der Waals surface area contributed by atoms with Crippen LogP contribution in [0.2, 0.25) is 5.02 Å². The van der Waals surface area contributed by atoms with E-state index in [0.29, 0.717) is 21.4 Å². The molecule has 0 saturated carbocycles. The largest absolute Gasteiger partial charge is 0.465 e. The summed E-state index contributed by atoms with van der Waals surface area (Å²) in [5, 5.41) is 7.16. The lowest BCUT2D eigenvalue weighted by Gasteiger charge is -2.19. The van der Waals surface area contributed by atoms with E-state index in [-0.39, 0.29) is 6.04 Å². The maximum absolute atomic E-state index is 11.6. The van der Waals surface area contributed by atoms with Crippen LogP contribution in [-0.2, 0) is 4.74 Å². The minimum absolute atomic E-state index is 0.0295. The third-order valence-corrected chi connectivity index (χ3v) is 4.56. The van der Waals surface area contributed by atoms with Crippen molar-refractivity contribution in [1.82, 2.24) is 5.32 Å². The van der Waals surface area contributed by atoms with E-state index in [0.717, 1.165) is 5.56 Å². The van der Waals surface area contributed by atoms with Gasteiger partial charge in [0.2, 0.25) is 0 Å². The Kier molecular flexibility index (Phi) is 6.39. The Labute approximate surface area is 158 Å². The molecule has 0 bridgehead atoms. The maximum Gasteiger partial charge on any atom is 0.337 e. The number of methoxy groups -OCH3 is 1. The third-order valence-electron chi connectivity index (χ3n) is 4.01. The lowest BCUT2D eigenvalue weighted by molar-refractivity contribution is 0.0601. The molecule has 0 fully saturated rings. The van der Waals surface area contributed by atoms with Gasteiger partial charge < -0.3 is 15.4 Å². The SMILES string of the molecule is COC(=O)c1ccc(Cl)c(NC(=S)N[C@@H](C)c2ccc(C)c(C)c2)c1. The fourth-order valence-electron chi connectivity index (χ4n) is 2.34. The lowest BCUT2D eigenvalue weighted by atomic mass is 10.0.